The molecule has 4 atom stereocenters. The van der Waals surface area contributed by atoms with E-state index in [9.17, 15) is 23.1 Å². The fraction of sp³-hybridized carbons (Fsp3) is 0.676. The fourth-order valence-electron chi connectivity index (χ4n) is 6.53. The summed E-state index contributed by atoms with van der Waals surface area (Å²) in [7, 11) is -2.24. The van der Waals surface area contributed by atoms with Gasteiger partial charge in [0.2, 0.25) is 5.91 Å². The molecule has 12 nitrogen and oxygen atoms in total. The first-order valence-electron chi connectivity index (χ1n) is 16.9. The number of aryl methyl sites for hydroxylation is 2. The lowest BCUT2D eigenvalue weighted by Gasteiger charge is -2.36. The van der Waals surface area contributed by atoms with Gasteiger partial charge in [0.25, 0.3) is 15.9 Å². The molecule has 2 aromatic rings. The predicted molar refractivity (Wildman–Crippen MR) is 178 cm³/mol. The topological polar surface area (TPSA) is 152 Å². The summed E-state index contributed by atoms with van der Waals surface area (Å²) in [4.78, 5) is 31.0. The number of benzene rings is 1. The lowest BCUT2D eigenvalue weighted by molar-refractivity contribution is -0.137. The third kappa shape index (κ3) is 9.26. The van der Waals surface area contributed by atoms with Crippen LogP contribution in [-0.4, -0.2) is 91.9 Å². The molecule has 262 valence electrons. The molecule has 47 heavy (non-hydrogen) atoms. The number of aromatic nitrogens is 1. The Morgan fingerprint density at radius 2 is 1.83 bits per heavy atom. The second kappa shape index (κ2) is 16.3. The maximum absolute atomic E-state index is 14.4. The zero-order chi connectivity index (χ0) is 34.3. The number of nitrogens with zero attached hydrogens (tertiary/aromatic N) is 3. The summed E-state index contributed by atoms with van der Waals surface area (Å²) in [6.45, 7) is 9.62. The zero-order valence-corrected chi connectivity index (χ0v) is 29.5. The number of amides is 2. The number of carbonyl (C=O) groups excluding carboxylic acids is 2. The van der Waals surface area contributed by atoms with Crippen molar-refractivity contribution in [3.63, 3.8) is 0 Å². The lowest BCUT2D eigenvalue weighted by Crippen LogP contribution is -2.48. The molecule has 4 rings (SSSR count). The number of aliphatic hydroxyl groups is 1. The SMILES string of the molecule is Cc1noc(C)c1S(=O)(=O)Nc1ccc2c(c1)C(=O)N([C@@H](C)CO)C[C@@H](C)[C@H](CN(C)C(=O)C1CCCCC1)OCCCC[C@@H](C)O2. The third-order valence-electron chi connectivity index (χ3n) is 9.32. The van der Waals surface area contributed by atoms with Crippen LogP contribution in [0.1, 0.15) is 93.9 Å². The number of aliphatic hydroxyl groups excluding tert-OH is 1. The molecule has 0 saturated heterocycles. The van der Waals surface area contributed by atoms with Crippen molar-refractivity contribution >= 4 is 27.5 Å². The van der Waals surface area contributed by atoms with Gasteiger partial charge in [-0.3, -0.25) is 14.3 Å². The molecular weight excluding hydrogens is 624 g/mol. The molecule has 1 aromatic carbocycles. The molecule has 2 aliphatic rings. The van der Waals surface area contributed by atoms with Crippen molar-refractivity contribution in [3.05, 3.63) is 35.2 Å². The molecule has 2 heterocycles. The fourth-order valence-corrected chi connectivity index (χ4v) is 7.92. The number of hydrogen-bond donors (Lipinski definition) is 2. The van der Waals surface area contributed by atoms with Gasteiger partial charge in [0.1, 0.15) is 11.4 Å². The van der Waals surface area contributed by atoms with E-state index in [0.717, 1.165) is 38.5 Å². The van der Waals surface area contributed by atoms with Crippen molar-refractivity contribution in [2.24, 2.45) is 11.8 Å². The minimum Gasteiger partial charge on any atom is -0.490 e. The molecule has 2 N–H and O–H groups in total. The quantitative estimate of drug-likeness (QED) is 0.397. The molecule has 1 fully saturated rings. The largest absolute Gasteiger partial charge is 0.490 e. The number of anilines is 1. The number of fused-ring (bicyclic) bond motifs is 1. The average Bonchev–Trinajstić information content (AvgIpc) is 3.40. The molecule has 13 heteroatoms. The Bertz CT molecular complexity index is 1450. The predicted octanol–water partition coefficient (Wildman–Crippen LogP) is 4.93. The van der Waals surface area contributed by atoms with E-state index >= 15 is 0 Å². The highest BCUT2D eigenvalue weighted by atomic mass is 32.2. The van der Waals surface area contributed by atoms with E-state index in [1.54, 1.807) is 35.8 Å². The van der Waals surface area contributed by atoms with Crippen molar-refractivity contribution in [1.29, 1.82) is 0 Å². The van der Waals surface area contributed by atoms with Gasteiger partial charge in [0.05, 0.1) is 30.4 Å². The van der Waals surface area contributed by atoms with Crippen LogP contribution < -0.4 is 9.46 Å². The highest BCUT2D eigenvalue weighted by Crippen LogP contribution is 2.31. The van der Waals surface area contributed by atoms with Crippen LogP contribution in [0, 0.1) is 25.7 Å². The van der Waals surface area contributed by atoms with Crippen LogP contribution in [-0.2, 0) is 19.6 Å². The smallest absolute Gasteiger partial charge is 0.267 e. The van der Waals surface area contributed by atoms with Gasteiger partial charge in [-0.25, -0.2) is 8.42 Å². The number of sulfonamides is 1. The van der Waals surface area contributed by atoms with Crippen LogP contribution in [0.25, 0.3) is 0 Å². The summed E-state index contributed by atoms with van der Waals surface area (Å²) in [6, 6.07) is 4.07. The molecule has 1 aliphatic heterocycles. The van der Waals surface area contributed by atoms with E-state index in [0.29, 0.717) is 25.3 Å². The Morgan fingerprint density at radius 1 is 1.13 bits per heavy atom. The van der Waals surface area contributed by atoms with Crippen LogP contribution >= 0.6 is 0 Å². The minimum absolute atomic E-state index is 0.0391. The highest BCUT2D eigenvalue weighted by molar-refractivity contribution is 7.92. The Morgan fingerprint density at radius 3 is 2.49 bits per heavy atom. The van der Waals surface area contributed by atoms with Gasteiger partial charge >= 0.3 is 0 Å². The van der Waals surface area contributed by atoms with E-state index in [2.05, 4.69) is 9.88 Å². The minimum atomic E-state index is -4.07. The van der Waals surface area contributed by atoms with E-state index in [-0.39, 0.29) is 70.7 Å². The summed E-state index contributed by atoms with van der Waals surface area (Å²) >= 11 is 0. The molecule has 0 unspecified atom stereocenters. The average molecular weight is 677 g/mol. The monoisotopic (exact) mass is 676 g/mol. The van der Waals surface area contributed by atoms with Crippen molar-refractivity contribution in [3.8, 4) is 5.75 Å². The van der Waals surface area contributed by atoms with Crippen molar-refractivity contribution in [2.45, 2.75) is 109 Å². The number of rotatable bonds is 8. The second-order valence-corrected chi connectivity index (χ2v) is 14.9. The number of carbonyl (C=O) groups is 2. The van der Waals surface area contributed by atoms with Gasteiger partial charge in [-0.2, -0.15) is 0 Å². The molecular formula is C34H52N4O8S. The first-order chi connectivity index (χ1) is 22.3. The Labute approximate surface area is 279 Å². The normalized spacial score (nSPS) is 22.9. The van der Waals surface area contributed by atoms with Crippen LogP contribution in [0.2, 0.25) is 0 Å². The number of likely N-dealkylation sites (N-methyl/N-ethyl adjacent to an activating group) is 1. The number of ether oxygens (including phenoxy) is 2. The third-order valence-corrected chi connectivity index (χ3v) is 10.9. The summed E-state index contributed by atoms with van der Waals surface area (Å²) in [5, 5.41) is 14.0. The zero-order valence-electron chi connectivity index (χ0n) is 28.7. The van der Waals surface area contributed by atoms with Gasteiger partial charge in [-0.05, 0) is 78.0 Å². The standard InChI is InChI=1S/C34H52N4O8S/c1-22-19-38(23(2)21-39)34(41)29-18-28(36-47(42,43)32-25(4)35-46-26(32)5)15-16-30(29)45-24(3)12-10-11-17-44-31(22)20-37(6)33(40)27-13-8-7-9-14-27/h15-16,18,22-24,27,31,36,39H,7-14,17,19-21H2,1-6H3/t22-,23+,24-,31+/m1/s1. The molecule has 0 spiro atoms. The molecule has 1 aliphatic carbocycles. The maximum Gasteiger partial charge on any atom is 0.267 e. The molecule has 0 bridgehead atoms. The first-order valence-corrected chi connectivity index (χ1v) is 18.4. The summed E-state index contributed by atoms with van der Waals surface area (Å²) in [6.07, 6.45) is 6.94. The van der Waals surface area contributed by atoms with E-state index in [1.165, 1.54) is 19.4 Å². The van der Waals surface area contributed by atoms with E-state index in [1.807, 2.05) is 20.9 Å². The van der Waals surface area contributed by atoms with Gasteiger partial charge in [0.15, 0.2) is 10.7 Å². The van der Waals surface area contributed by atoms with Crippen LogP contribution in [0.5, 0.6) is 5.75 Å². The maximum atomic E-state index is 14.4. The number of nitrogens with one attached hydrogen (secondary N) is 1. The van der Waals surface area contributed by atoms with E-state index in [4.69, 9.17) is 14.0 Å². The summed E-state index contributed by atoms with van der Waals surface area (Å²) in [5.41, 5.74) is 0.562. The van der Waals surface area contributed by atoms with Crippen molar-refractivity contribution in [1.82, 2.24) is 15.0 Å². The summed E-state index contributed by atoms with van der Waals surface area (Å²) < 4.78 is 46.9. The van der Waals surface area contributed by atoms with Crippen molar-refractivity contribution in [2.75, 3.05) is 38.1 Å². The molecule has 1 aromatic heterocycles. The van der Waals surface area contributed by atoms with Crippen molar-refractivity contribution < 1.29 is 37.1 Å². The van der Waals surface area contributed by atoms with Crippen LogP contribution in [0.15, 0.2) is 27.6 Å². The first kappa shape index (κ1) is 36.7. The molecule has 1 saturated carbocycles. The number of hydrogen-bond acceptors (Lipinski definition) is 9. The summed E-state index contributed by atoms with van der Waals surface area (Å²) in [5.74, 6) is 0.0540. The molecule has 0 radical (unpaired) electrons. The Kier molecular flexibility index (Phi) is 12.7. The van der Waals surface area contributed by atoms with E-state index < -0.39 is 22.0 Å². The van der Waals surface area contributed by atoms with Gasteiger partial charge in [-0.15, -0.1) is 0 Å². The lowest BCUT2D eigenvalue weighted by atomic mass is 9.88. The molecule has 2 amide bonds. The van der Waals surface area contributed by atoms with Gasteiger partial charge in [0, 0.05) is 44.3 Å². The second-order valence-electron chi connectivity index (χ2n) is 13.3. The van der Waals surface area contributed by atoms with Gasteiger partial charge in [-0.1, -0.05) is 31.3 Å². The van der Waals surface area contributed by atoms with Crippen LogP contribution in [0.3, 0.4) is 0 Å². The highest BCUT2D eigenvalue weighted by Gasteiger charge is 2.33. The van der Waals surface area contributed by atoms with Crippen LogP contribution in [0.4, 0.5) is 5.69 Å². The van der Waals surface area contributed by atoms with Gasteiger partial charge < -0.3 is 28.9 Å². The Hall–Kier alpha value is -3.16. The Balaban J connectivity index is 1.65.